The number of amides is 1. The number of benzene rings is 1. The molecular formula is C15H19N3OS. The first-order chi connectivity index (χ1) is 9.70. The van der Waals surface area contributed by atoms with Crippen LogP contribution in [0, 0.1) is 0 Å². The molecule has 4 nitrogen and oxygen atoms in total. The molecule has 2 rings (SSSR count). The number of nitrogens with one attached hydrogen (secondary N) is 2. The Morgan fingerprint density at radius 2 is 2.20 bits per heavy atom. The van der Waals surface area contributed by atoms with Crippen molar-refractivity contribution in [2.75, 3.05) is 30.9 Å². The van der Waals surface area contributed by atoms with Gasteiger partial charge in [-0.3, -0.25) is 4.79 Å². The molecule has 0 saturated carbocycles. The van der Waals surface area contributed by atoms with Crippen molar-refractivity contribution in [3.63, 3.8) is 0 Å². The average Bonchev–Trinajstić information content (AvgIpc) is 3.00. The largest absolute Gasteiger partial charge is 0.388 e. The first kappa shape index (κ1) is 14.6. The van der Waals surface area contributed by atoms with Crippen LogP contribution in [-0.4, -0.2) is 26.5 Å². The molecule has 5 heteroatoms. The van der Waals surface area contributed by atoms with E-state index >= 15 is 0 Å². The zero-order chi connectivity index (χ0) is 14.4. The summed E-state index contributed by atoms with van der Waals surface area (Å²) in [7, 11) is 3.69. The van der Waals surface area contributed by atoms with E-state index in [1.807, 2.05) is 42.1 Å². The number of hydrogen-bond donors (Lipinski definition) is 2. The van der Waals surface area contributed by atoms with E-state index < -0.39 is 0 Å². The van der Waals surface area contributed by atoms with Crippen LogP contribution in [0.1, 0.15) is 5.56 Å². The van der Waals surface area contributed by atoms with Crippen LogP contribution in [0.25, 0.3) is 0 Å². The molecule has 2 N–H and O–H groups in total. The van der Waals surface area contributed by atoms with Crippen LogP contribution in [-0.2, 0) is 11.3 Å². The molecule has 0 unspecified atom stereocenters. The lowest BCUT2D eigenvalue weighted by atomic mass is 10.2. The van der Waals surface area contributed by atoms with Crippen molar-refractivity contribution < 1.29 is 4.79 Å². The summed E-state index contributed by atoms with van der Waals surface area (Å²) >= 11 is 1.59. The maximum Gasteiger partial charge on any atom is 0.240 e. The van der Waals surface area contributed by atoms with Gasteiger partial charge in [0, 0.05) is 31.7 Å². The fourth-order valence-corrected chi connectivity index (χ4v) is 2.53. The van der Waals surface area contributed by atoms with E-state index in [0.717, 1.165) is 16.9 Å². The fraction of sp³-hybridized carbons (Fsp3) is 0.267. The lowest BCUT2D eigenvalue weighted by Crippen LogP contribution is -2.35. The zero-order valence-corrected chi connectivity index (χ0v) is 12.5. The Kier molecular flexibility index (Phi) is 5.15. The predicted molar refractivity (Wildman–Crippen MR) is 85.4 cm³/mol. The SMILES string of the molecule is CNc1cccc(CNCC(=O)N(C)c2ccsc2)c1. The Hall–Kier alpha value is -1.85. The summed E-state index contributed by atoms with van der Waals surface area (Å²) < 4.78 is 0. The van der Waals surface area contributed by atoms with Crippen molar-refractivity contribution in [1.82, 2.24) is 5.32 Å². The molecule has 0 aliphatic heterocycles. The van der Waals surface area contributed by atoms with Crippen LogP contribution in [0.4, 0.5) is 11.4 Å². The van der Waals surface area contributed by atoms with Gasteiger partial charge in [0.05, 0.1) is 12.2 Å². The van der Waals surface area contributed by atoms with Crippen LogP contribution in [0.15, 0.2) is 41.1 Å². The molecule has 0 spiro atoms. The maximum atomic E-state index is 12.0. The summed E-state index contributed by atoms with van der Waals surface area (Å²) in [5.74, 6) is 0.0631. The molecule has 1 amide bonds. The van der Waals surface area contributed by atoms with Gasteiger partial charge in [0.2, 0.25) is 5.91 Å². The highest BCUT2D eigenvalue weighted by atomic mass is 32.1. The Labute approximate surface area is 123 Å². The quantitative estimate of drug-likeness (QED) is 0.859. The topological polar surface area (TPSA) is 44.4 Å². The Bertz CT molecular complexity index is 554. The van der Waals surface area contributed by atoms with Gasteiger partial charge < -0.3 is 15.5 Å². The summed E-state index contributed by atoms with van der Waals surface area (Å²) in [5.41, 5.74) is 3.17. The van der Waals surface area contributed by atoms with Crippen LogP contribution in [0.5, 0.6) is 0 Å². The van der Waals surface area contributed by atoms with Crippen molar-refractivity contribution in [3.05, 3.63) is 46.7 Å². The van der Waals surface area contributed by atoms with E-state index in [1.165, 1.54) is 0 Å². The Balaban J connectivity index is 1.82. The molecule has 1 aromatic carbocycles. The molecular weight excluding hydrogens is 270 g/mol. The third kappa shape index (κ3) is 3.82. The number of likely N-dealkylation sites (N-methyl/N-ethyl adjacent to an activating group) is 1. The number of carbonyl (C=O) groups is 1. The van der Waals surface area contributed by atoms with E-state index in [1.54, 1.807) is 23.3 Å². The third-order valence-corrected chi connectivity index (χ3v) is 3.76. The van der Waals surface area contributed by atoms with Crippen molar-refractivity contribution in [3.8, 4) is 0 Å². The number of rotatable bonds is 6. The molecule has 0 aliphatic rings. The third-order valence-electron chi connectivity index (χ3n) is 3.09. The molecule has 0 atom stereocenters. The van der Waals surface area contributed by atoms with Gasteiger partial charge in [-0.25, -0.2) is 0 Å². The van der Waals surface area contributed by atoms with Gasteiger partial charge in [0.15, 0.2) is 0 Å². The van der Waals surface area contributed by atoms with Gasteiger partial charge >= 0.3 is 0 Å². The summed E-state index contributed by atoms with van der Waals surface area (Å²) in [6, 6.07) is 10.1. The smallest absolute Gasteiger partial charge is 0.240 e. The van der Waals surface area contributed by atoms with Gasteiger partial charge in [0.25, 0.3) is 0 Å². The highest BCUT2D eigenvalue weighted by molar-refractivity contribution is 7.08. The van der Waals surface area contributed by atoms with E-state index in [4.69, 9.17) is 0 Å². The summed E-state index contributed by atoms with van der Waals surface area (Å²) in [6.45, 7) is 1.01. The summed E-state index contributed by atoms with van der Waals surface area (Å²) in [5, 5.41) is 10.2. The molecule has 0 fully saturated rings. The van der Waals surface area contributed by atoms with E-state index in [-0.39, 0.29) is 5.91 Å². The predicted octanol–water partition coefficient (Wildman–Crippen LogP) is 2.54. The minimum atomic E-state index is 0.0631. The van der Waals surface area contributed by atoms with Gasteiger partial charge in [-0.05, 0) is 29.1 Å². The van der Waals surface area contributed by atoms with Crippen LogP contribution in [0.3, 0.4) is 0 Å². The van der Waals surface area contributed by atoms with Gasteiger partial charge in [0.1, 0.15) is 0 Å². The fourth-order valence-electron chi connectivity index (χ4n) is 1.86. The molecule has 2 aromatic rings. The molecule has 0 saturated heterocycles. The van der Waals surface area contributed by atoms with Crippen LogP contribution < -0.4 is 15.5 Å². The van der Waals surface area contributed by atoms with Crippen molar-refractivity contribution >= 4 is 28.6 Å². The Morgan fingerprint density at radius 3 is 2.90 bits per heavy atom. The van der Waals surface area contributed by atoms with Crippen LogP contribution in [0.2, 0.25) is 0 Å². The average molecular weight is 289 g/mol. The molecule has 20 heavy (non-hydrogen) atoms. The second kappa shape index (κ2) is 7.07. The standard InChI is InChI=1S/C15H19N3OS/c1-16-13-5-3-4-12(8-13)9-17-10-15(19)18(2)14-6-7-20-11-14/h3-8,11,16-17H,9-10H2,1-2H3. The van der Waals surface area contributed by atoms with Gasteiger partial charge in [-0.15, -0.1) is 0 Å². The Morgan fingerprint density at radius 1 is 1.35 bits per heavy atom. The lowest BCUT2D eigenvalue weighted by molar-refractivity contribution is -0.117. The van der Waals surface area contributed by atoms with Crippen molar-refractivity contribution in [1.29, 1.82) is 0 Å². The number of carbonyl (C=O) groups excluding carboxylic acids is 1. The highest BCUT2D eigenvalue weighted by Gasteiger charge is 2.10. The van der Waals surface area contributed by atoms with E-state index in [2.05, 4.69) is 16.7 Å². The van der Waals surface area contributed by atoms with Crippen molar-refractivity contribution in [2.24, 2.45) is 0 Å². The first-order valence-corrected chi connectivity index (χ1v) is 7.41. The maximum absolute atomic E-state index is 12.0. The second-order valence-corrected chi connectivity index (χ2v) is 5.27. The van der Waals surface area contributed by atoms with Crippen LogP contribution >= 0.6 is 11.3 Å². The summed E-state index contributed by atoms with van der Waals surface area (Å²) in [6.07, 6.45) is 0. The number of thiophene rings is 1. The monoisotopic (exact) mass is 289 g/mol. The minimum Gasteiger partial charge on any atom is -0.388 e. The number of anilines is 2. The molecule has 106 valence electrons. The lowest BCUT2D eigenvalue weighted by Gasteiger charge is -2.16. The number of hydrogen-bond acceptors (Lipinski definition) is 4. The van der Waals surface area contributed by atoms with E-state index in [9.17, 15) is 4.79 Å². The normalized spacial score (nSPS) is 10.3. The zero-order valence-electron chi connectivity index (χ0n) is 11.7. The molecule has 0 bridgehead atoms. The molecule has 0 radical (unpaired) electrons. The van der Waals surface area contributed by atoms with Gasteiger partial charge in [-0.1, -0.05) is 12.1 Å². The van der Waals surface area contributed by atoms with E-state index in [0.29, 0.717) is 13.1 Å². The molecule has 1 heterocycles. The first-order valence-electron chi connectivity index (χ1n) is 6.47. The number of nitrogens with zero attached hydrogens (tertiary/aromatic N) is 1. The molecule has 1 aromatic heterocycles. The molecule has 0 aliphatic carbocycles. The minimum absolute atomic E-state index is 0.0631. The van der Waals surface area contributed by atoms with Gasteiger partial charge in [-0.2, -0.15) is 11.3 Å². The summed E-state index contributed by atoms with van der Waals surface area (Å²) in [4.78, 5) is 13.7. The second-order valence-electron chi connectivity index (χ2n) is 4.49. The highest BCUT2D eigenvalue weighted by Crippen LogP contribution is 2.16. The van der Waals surface area contributed by atoms with Crippen molar-refractivity contribution in [2.45, 2.75) is 6.54 Å².